The Balaban J connectivity index is 2.55. The first-order valence-corrected chi connectivity index (χ1v) is 6.16. The number of hydrogen-bond donors (Lipinski definition) is 2. The Labute approximate surface area is 116 Å². The van der Waals surface area contributed by atoms with Gasteiger partial charge in [-0.05, 0) is 29.7 Å². The lowest BCUT2D eigenvalue weighted by Gasteiger charge is -2.11. The van der Waals surface area contributed by atoms with Gasteiger partial charge in [-0.15, -0.1) is 0 Å². The monoisotopic (exact) mass is 270 g/mol. The summed E-state index contributed by atoms with van der Waals surface area (Å²) >= 11 is 0. The Hall–Kier alpha value is -2.62. The first-order chi connectivity index (χ1) is 9.50. The van der Waals surface area contributed by atoms with Crippen LogP contribution in [-0.4, -0.2) is 22.2 Å². The lowest BCUT2D eigenvalue weighted by molar-refractivity contribution is -0.138. The molecule has 0 amide bonds. The highest BCUT2D eigenvalue weighted by Gasteiger charge is 2.18. The molecule has 2 aromatic carbocycles. The van der Waals surface area contributed by atoms with Crippen LogP contribution in [0.2, 0.25) is 0 Å². The van der Waals surface area contributed by atoms with Crippen molar-refractivity contribution in [1.29, 1.82) is 0 Å². The van der Waals surface area contributed by atoms with Crippen molar-refractivity contribution < 1.29 is 19.8 Å². The van der Waals surface area contributed by atoms with Crippen molar-refractivity contribution in [3.05, 3.63) is 59.7 Å². The molecule has 0 aliphatic rings. The fourth-order valence-corrected chi connectivity index (χ4v) is 2.02. The highest BCUT2D eigenvalue weighted by atomic mass is 16.4. The third-order valence-electron chi connectivity index (χ3n) is 3.23. The highest BCUT2D eigenvalue weighted by Crippen LogP contribution is 2.27. The largest absolute Gasteiger partial charge is 0.481 e. The lowest BCUT2D eigenvalue weighted by Crippen LogP contribution is -2.09. The van der Waals surface area contributed by atoms with Crippen LogP contribution in [-0.2, 0) is 4.79 Å². The van der Waals surface area contributed by atoms with Crippen molar-refractivity contribution in [2.75, 3.05) is 0 Å². The first-order valence-electron chi connectivity index (χ1n) is 6.16. The molecule has 0 saturated carbocycles. The summed E-state index contributed by atoms with van der Waals surface area (Å²) in [5.74, 6) is -2.78. The van der Waals surface area contributed by atoms with E-state index in [1.165, 1.54) is 13.0 Å². The molecule has 0 bridgehead atoms. The van der Waals surface area contributed by atoms with Gasteiger partial charge in [-0.1, -0.05) is 42.5 Å². The number of aliphatic carboxylic acids is 1. The summed E-state index contributed by atoms with van der Waals surface area (Å²) in [5.41, 5.74) is 1.97. The second kappa shape index (κ2) is 5.57. The number of carbonyl (C=O) groups is 2. The van der Waals surface area contributed by atoms with Crippen molar-refractivity contribution in [2.24, 2.45) is 0 Å². The summed E-state index contributed by atoms with van der Waals surface area (Å²) in [7, 11) is 0. The predicted molar refractivity (Wildman–Crippen MR) is 74.9 cm³/mol. The molecule has 0 radical (unpaired) electrons. The van der Waals surface area contributed by atoms with Gasteiger partial charge in [-0.3, -0.25) is 4.79 Å². The molecule has 0 aromatic heterocycles. The molecular formula is C16H14O4. The maximum atomic E-state index is 11.4. The van der Waals surface area contributed by atoms with E-state index in [0.29, 0.717) is 11.1 Å². The van der Waals surface area contributed by atoms with Gasteiger partial charge in [0.1, 0.15) is 0 Å². The van der Waals surface area contributed by atoms with Gasteiger partial charge >= 0.3 is 11.9 Å². The van der Waals surface area contributed by atoms with Crippen molar-refractivity contribution in [1.82, 2.24) is 0 Å². The molecule has 20 heavy (non-hydrogen) atoms. The van der Waals surface area contributed by atoms with E-state index < -0.39 is 17.9 Å². The van der Waals surface area contributed by atoms with Crippen LogP contribution in [0.3, 0.4) is 0 Å². The van der Waals surface area contributed by atoms with E-state index >= 15 is 0 Å². The molecular weight excluding hydrogens is 256 g/mol. The van der Waals surface area contributed by atoms with E-state index in [4.69, 9.17) is 5.11 Å². The first kappa shape index (κ1) is 13.8. The summed E-state index contributed by atoms with van der Waals surface area (Å²) in [5, 5.41) is 18.3. The van der Waals surface area contributed by atoms with Crippen LogP contribution in [0.4, 0.5) is 0 Å². The third-order valence-corrected chi connectivity index (χ3v) is 3.23. The maximum absolute atomic E-state index is 11.4. The van der Waals surface area contributed by atoms with Crippen LogP contribution < -0.4 is 0 Å². The fraction of sp³-hybridized carbons (Fsp3) is 0.125. The van der Waals surface area contributed by atoms with Gasteiger partial charge < -0.3 is 10.2 Å². The molecule has 2 N–H and O–H groups in total. The zero-order valence-corrected chi connectivity index (χ0v) is 10.9. The van der Waals surface area contributed by atoms with E-state index in [1.54, 1.807) is 12.1 Å². The second-order valence-corrected chi connectivity index (χ2v) is 4.54. The van der Waals surface area contributed by atoms with Gasteiger partial charge in [0.25, 0.3) is 0 Å². The molecule has 0 saturated heterocycles. The van der Waals surface area contributed by atoms with E-state index in [-0.39, 0.29) is 5.56 Å². The molecule has 0 spiro atoms. The molecule has 0 fully saturated rings. The van der Waals surface area contributed by atoms with Gasteiger partial charge in [0.05, 0.1) is 11.5 Å². The minimum absolute atomic E-state index is 0.113. The van der Waals surface area contributed by atoms with Crippen LogP contribution in [0.1, 0.15) is 28.8 Å². The Bertz CT molecular complexity index is 647. The van der Waals surface area contributed by atoms with Crippen molar-refractivity contribution in [2.45, 2.75) is 12.8 Å². The van der Waals surface area contributed by atoms with Gasteiger partial charge in [0.15, 0.2) is 0 Å². The number of carboxylic acid groups (broad SMARTS) is 2. The number of aromatic carboxylic acids is 1. The minimum atomic E-state index is -1.07. The summed E-state index contributed by atoms with van der Waals surface area (Å²) in [6, 6.07) is 13.9. The van der Waals surface area contributed by atoms with Gasteiger partial charge in [0.2, 0.25) is 0 Å². The second-order valence-electron chi connectivity index (χ2n) is 4.54. The smallest absolute Gasteiger partial charge is 0.336 e. The molecule has 4 nitrogen and oxygen atoms in total. The molecule has 4 heteroatoms. The molecule has 1 unspecified atom stereocenters. The third kappa shape index (κ3) is 2.69. The van der Waals surface area contributed by atoms with E-state index in [9.17, 15) is 14.7 Å². The van der Waals surface area contributed by atoms with E-state index in [0.717, 1.165) is 5.56 Å². The fourth-order valence-electron chi connectivity index (χ4n) is 2.02. The van der Waals surface area contributed by atoms with Gasteiger partial charge in [0, 0.05) is 0 Å². The number of rotatable bonds is 4. The Morgan fingerprint density at radius 3 is 2.20 bits per heavy atom. The molecule has 2 aromatic rings. The Morgan fingerprint density at radius 2 is 1.65 bits per heavy atom. The highest BCUT2D eigenvalue weighted by molar-refractivity contribution is 5.96. The zero-order valence-electron chi connectivity index (χ0n) is 10.9. The van der Waals surface area contributed by atoms with Crippen LogP contribution >= 0.6 is 0 Å². The predicted octanol–water partition coefficient (Wildman–Crippen LogP) is 3.24. The maximum Gasteiger partial charge on any atom is 0.336 e. The van der Waals surface area contributed by atoms with Crippen LogP contribution in [0.25, 0.3) is 11.1 Å². The molecule has 0 heterocycles. The summed E-state index contributed by atoms with van der Waals surface area (Å²) in [4.78, 5) is 22.4. The van der Waals surface area contributed by atoms with Crippen LogP contribution in [0.15, 0.2) is 48.5 Å². The standard InChI is InChI=1S/C16H14O4/c1-10(15(17)18)12-7-8-13(14(9-12)16(19)20)11-5-3-2-4-6-11/h2-10H,1H3,(H,17,18)(H,19,20). The SMILES string of the molecule is CC(C(=O)O)c1ccc(-c2ccccc2)c(C(=O)O)c1. The van der Waals surface area contributed by atoms with Crippen molar-refractivity contribution in [3.63, 3.8) is 0 Å². The molecule has 1 atom stereocenters. The number of hydrogen-bond acceptors (Lipinski definition) is 2. The van der Waals surface area contributed by atoms with Crippen LogP contribution in [0, 0.1) is 0 Å². The van der Waals surface area contributed by atoms with E-state index in [1.807, 2.05) is 30.3 Å². The normalized spacial score (nSPS) is 11.8. The van der Waals surface area contributed by atoms with Crippen molar-refractivity contribution >= 4 is 11.9 Å². The van der Waals surface area contributed by atoms with E-state index in [2.05, 4.69) is 0 Å². The summed E-state index contributed by atoms with van der Waals surface area (Å²) < 4.78 is 0. The molecule has 102 valence electrons. The summed E-state index contributed by atoms with van der Waals surface area (Å²) in [6.45, 7) is 1.53. The Kier molecular flexibility index (Phi) is 3.84. The Morgan fingerprint density at radius 1 is 1.00 bits per heavy atom. The molecule has 0 aliphatic heterocycles. The average molecular weight is 270 g/mol. The molecule has 0 aliphatic carbocycles. The molecule has 2 rings (SSSR count). The van der Waals surface area contributed by atoms with Crippen LogP contribution in [0.5, 0.6) is 0 Å². The zero-order chi connectivity index (χ0) is 14.7. The average Bonchev–Trinajstić information content (AvgIpc) is 2.46. The quantitative estimate of drug-likeness (QED) is 0.894. The minimum Gasteiger partial charge on any atom is -0.481 e. The number of benzene rings is 2. The lowest BCUT2D eigenvalue weighted by atomic mass is 9.93. The van der Waals surface area contributed by atoms with Crippen molar-refractivity contribution in [3.8, 4) is 11.1 Å². The van der Waals surface area contributed by atoms with Gasteiger partial charge in [-0.25, -0.2) is 4.79 Å². The topological polar surface area (TPSA) is 74.6 Å². The number of carboxylic acids is 2. The van der Waals surface area contributed by atoms with Gasteiger partial charge in [-0.2, -0.15) is 0 Å². The summed E-state index contributed by atoms with van der Waals surface area (Å²) in [6.07, 6.45) is 0.